The van der Waals surface area contributed by atoms with Crippen LogP contribution in [0.3, 0.4) is 0 Å². The summed E-state index contributed by atoms with van der Waals surface area (Å²) in [6.45, 7) is 0.809. The van der Waals surface area contributed by atoms with Crippen molar-refractivity contribution in [3.8, 4) is 0 Å². The Morgan fingerprint density at radius 2 is 2.08 bits per heavy atom. The summed E-state index contributed by atoms with van der Waals surface area (Å²) in [6, 6.07) is 9.24. The summed E-state index contributed by atoms with van der Waals surface area (Å²) < 4.78 is 18.9. The van der Waals surface area contributed by atoms with Gasteiger partial charge in [0.05, 0.1) is 19.2 Å². The zero-order valence-corrected chi connectivity index (χ0v) is 13.2. The van der Waals surface area contributed by atoms with E-state index in [1.165, 1.54) is 6.07 Å². The second kappa shape index (κ2) is 7.29. The Labute approximate surface area is 139 Å². The standard InChI is InChI=1S/C18H19FN2O3/c19-15-7-2-1-5-13(15)11-17(22)21-9-3-8-16(21)18(23)20-12-14-6-4-10-24-14/h1-2,4-7,10,16H,3,8-9,11-12H2,(H,20,23)/t16-/m1/s1. The molecule has 6 heteroatoms. The van der Waals surface area contributed by atoms with Gasteiger partial charge in [-0.25, -0.2) is 4.39 Å². The van der Waals surface area contributed by atoms with Crippen molar-refractivity contribution in [3.63, 3.8) is 0 Å². The van der Waals surface area contributed by atoms with Gasteiger partial charge in [-0.1, -0.05) is 18.2 Å². The maximum Gasteiger partial charge on any atom is 0.243 e. The van der Waals surface area contributed by atoms with Crippen LogP contribution in [0.15, 0.2) is 47.1 Å². The highest BCUT2D eigenvalue weighted by molar-refractivity contribution is 5.89. The molecule has 0 saturated carbocycles. The largest absolute Gasteiger partial charge is 0.467 e. The van der Waals surface area contributed by atoms with Crippen LogP contribution in [0.2, 0.25) is 0 Å². The first-order valence-corrected chi connectivity index (χ1v) is 7.98. The molecule has 2 aromatic rings. The molecule has 1 aromatic carbocycles. The number of carbonyl (C=O) groups excluding carboxylic acids is 2. The first-order valence-electron chi connectivity index (χ1n) is 7.98. The minimum atomic E-state index is -0.501. The number of nitrogens with zero attached hydrogens (tertiary/aromatic N) is 1. The van der Waals surface area contributed by atoms with Gasteiger partial charge in [0.25, 0.3) is 0 Å². The number of rotatable bonds is 5. The normalized spacial score (nSPS) is 17.0. The third-order valence-corrected chi connectivity index (χ3v) is 4.19. The number of hydrogen-bond acceptors (Lipinski definition) is 3. The molecule has 1 aliphatic rings. The Bertz CT molecular complexity index is 715. The molecule has 2 heterocycles. The van der Waals surface area contributed by atoms with Crippen molar-refractivity contribution in [2.45, 2.75) is 31.8 Å². The maximum absolute atomic E-state index is 13.7. The Morgan fingerprint density at radius 1 is 1.25 bits per heavy atom. The van der Waals surface area contributed by atoms with E-state index in [1.807, 2.05) is 0 Å². The van der Waals surface area contributed by atoms with Gasteiger partial charge in [0.15, 0.2) is 0 Å². The number of nitrogens with one attached hydrogen (secondary N) is 1. The number of hydrogen-bond donors (Lipinski definition) is 1. The van der Waals surface area contributed by atoms with E-state index in [2.05, 4.69) is 5.32 Å². The quantitative estimate of drug-likeness (QED) is 0.915. The average Bonchev–Trinajstić information content (AvgIpc) is 3.26. The minimum absolute atomic E-state index is 0.0331. The van der Waals surface area contributed by atoms with Gasteiger partial charge >= 0.3 is 0 Å². The predicted molar refractivity (Wildman–Crippen MR) is 85.4 cm³/mol. The number of furan rings is 1. The van der Waals surface area contributed by atoms with Crippen LogP contribution in [0, 0.1) is 5.82 Å². The van der Waals surface area contributed by atoms with Gasteiger partial charge in [-0.15, -0.1) is 0 Å². The van der Waals surface area contributed by atoms with E-state index in [4.69, 9.17) is 4.42 Å². The lowest BCUT2D eigenvalue weighted by Crippen LogP contribution is -2.46. The van der Waals surface area contributed by atoms with Crippen LogP contribution in [0.5, 0.6) is 0 Å². The highest BCUT2D eigenvalue weighted by atomic mass is 19.1. The van der Waals surface area contributed by atoms with Crippen molar-refractivity contribution in [1.29, 1.82) is 0 Å². The first kappa shape index (κ1) is 16.2. The molecular formula is C18H19FN2O3. The summed E-state index contributed by atoms with van der Waals surface area (Å²) in [5, 5.41) is 2.79. The molecule has 126 valence electrons. The van der Waals surface area contributed by atoms with Crippen molar-refractivity contribution in [1.82, 2.24) is 10.2 Å². The van der Waals surface area contributed by atoms with E-state index >= 15 is 0 Å². The molecule has 1 saturated heterocycles. The third kappa shape index (κ3) is 3.64. The summed E-state index contributed by atoms with van der Waals surface area (Å²) in [5.41, 5.74) is 0.351. The molecule has 5 nitrogen and oxygen atoms in total. The molecule has 0 radical (unpaired) electrons. The number of carbonyl (C=O) groups is 2. The fourth-order valence-corrected chi connectivity index (χ4v) is 2.95. The summed E-state index contributed by atoms with van der Waals surface area (Å²) in [6.07, 6.45) is 2.89. The van der Waals surface area contributed by atoms with E-state index in [0.717, 1.165) is 6.42 Å². The van der Waals surface area contributed by atoms with E-state index in [0.29, 0.717) is 24.3 Å². The van der Waals surface area contributed by atoms with Gasteiger partial charge in [0.1, 0.15) is 17.6 Å². The monoisotopic (exact) mass is 330 g/mol. The van der Waals surface area contributed by atoms with Gasteiger partial charge in [-0.05, 0) is 36.6 Å². The fraction of sp³-hybridized carbons (Fsp3) is 0.333. The molecule has 1 aromatic heterocycles. The van der Waals surface area contributed by atoms with Crippen molar-refractivity contribution in [2.75, 3.05) is 6.54 Å². The molecule has 24 heavy (non-hydrogen) atoms. The van der Waals surface area contributed by atoms with E-state index in [-0.39, 0.29) is 24.8 Å². The Morgan fingerprint density at radius 3 is 2.83 bits per heavy atom. The maximum atomic E-state index is 13.7. The smallest absolute Gasteiger partial charge is 0.243 e. The Balaban J connectivity index is 1.61. The highest BCUT2D eigenvalue weighted by Crippen LogP contribution is 2.20. The Hall–Kier alpha value is -2.63. The summed E-state index contributed by atoms with van der Waals surface area (Å²) in [5.74, 6) is -0.170. The molecule has 0 spiro atoms. The van der Waals surface area contributed by atoms with Crippen LogP contribution in [0.25, 0.3) is 0 Å². The van der Waals surface area contributed by atoms with Gasteiger partial charge in [0.2, 0.25) is 11.8 Å². The molecule has 1 fully saturated rings. The van der Waals surface area contributed by atoms with E-state index < -0.39 is 11.9 Å². The minimum Gasteiger partial charge on any atom is -0.467 e. The molecule has 0 unspecified atom stereocenters. The molecule has 1 N–H and O–H groups in total. The molecule has 0 aliphatic carbocycles. The molecule has 3 rings (SSSR count). The van der Waals surface area contributed by atoms with Crippen molar-refractivity contribution in [2.24, 2.45) is 0 Å². The lowest BCUT2D eigenvalue weighted by Gasteiger charge is -2.24. The number of halogens is 1. The fourth-order valence-electron chi connectivity index (χ4n) is 2.95. The first-order chi connectivity index (χ1) is 11.6. The van der Waals surface area contributed by atoms with Crippen LogP contribution in [-0.2, 0) is 22.6 Å². The lowest BCUT2D eigenvalue weighted by atomic mass is 10.1. The van der Waals surface area contributed by atoms with Crippen LogP contribution in [-0.4, -0.2) is 29.3 Å². The molecule has 0 bridgehead atoms. The molecule has 1 aliphatic heterocycles. The predicted octanol–water partition coefficient (Wildman–Crippen LogP) is 2.27. The topological polar surface area (TPSA) is 62.6 Å². The zero-order valence-electron chi connectivity index (χ0n) is 13.2. The number of benzene rings is 1. The second-order valence-electron chi connectivity index (χ2n) is 5.81. The lowest BCUT2D eigenvalue weighted by molar-refractivity contribution is -0.138. The number of amides is 2. The van der Waals surface area contributed by atoms with E-state index in [9.17, 15) is 14.0 Å². The molecule has 2 amide bonds. The van der Waals surface area contributed by atoms with Crippen LogP contribution in [0.4, 0.5) is 4.39 Å². The van der Waals surface area contributed by atoms with Crippen molar-refractivity contribution >= 4 is 11.8 Å². The van der Waals surface area contributed by atoms with Gasteiger partial charge in [-0.3, -0.25) is 9.59 Å². The van der Waals surface area contributed by atoms with Crippen LogP contribution < -0.4 is 5.32 Å². The molecular weight excluding hydrogens is 311 g/mol. The van der Waals surface area contributed by atoms with Crippen molar-refractivity contribution in [3.05, 3.63) is 59.8 Å². The highest BCUT2D eigenvalue weighted by Gasteiger charge is 2.34. The SMILES string of the molecule is O=C(NCc1ccco1)[C@H]1CCCN1C(=O)Cc1ccccc1F. The molecule has 1 atom stereocenters. The number of likely N-dealkylation sites (tertiary alicyclic amines) is 1. The second-order valence-corrected chi connectivity index (χ2v) is 5.81. The summed E-state index contributed by atoms with van der Waals surface area (Å²) in [7, 11) is 0. The summed E-state index contributed by atoms with van der Waals surface area (Å²) in [4.78, 5) is 26.4. The van der Waals surface area contributed by atoms with Gasteiger partial charge in [-0.2, -0.15) is 0 Å². The Kier molecular flexibility index (Phi) is 4.93. The van der Waals surface area contributed by atoms with Crippen molar-refractivity contribution < 1.29 is 18.4 Å². The van der Waals surface area contributed by atoms with Gasteiger partial charge < -0.3 is 14.6 Å². The van der Waals surface area contributed by atoms with E-state index in [1.54, 1.807) is 41.5 Å². The average molecular weight is 330 g/mol. The van der Waals surface area contributed by atoms with Gasteiger partial charge in [0, 0.05) is 6.54 Å². The third-order valence-electron chi connectivity index (χ3n) is 4.19. The zero-order chi connectivity index (χ0) is 16.9. The summed E-state index contributed by atoms with van der Waals surface area (Å²) >= 11 is 0. The van der Waals surface area contributed by atoms with Crippen LogP contribution in [0.1, 0.15) is 24.2 Å². The van der Waals surface area contributed by atoms with Crippen LogP contribution >= 0.6 is 0 Å².